The average Bonchev–Trinajstić information content (AvgIpc) is 2.08. The lowest BCUT2D eigenvalue weighted by Gasteiger charge is -2.35. The van der Waals surface area contributed by atoms with E-state index in [1.807, 2.05) is 13.8 Å². The van der Waals surface area contributed by atoms with Crippen molar-refractivity contribution in [2.24, 2.45) is 11.8 Å². The Kier molecular flexibility index (Phi) is 2.73. The van der Waals surface area contributed by atoms with Crippen molar-refractivity contribution in [3.63, 3.8) is 0 Å². The van der Waals surface area contributed by atoms with Gasteiger partial charge >= 0.3 is 5.97 Å². The van der Waals surface area contributed by atoms with Crippen molar-refractivity contribution in [2.75, 3.05) is 0 Å². The molecule has 1 saturated heterocycles. The molecule has 3 heteroatoms. The molecular formula is C9H16O3. The first-order valence-electron chi connectivity index (χ1n) is 4.46. The van der Waals surface area contributed by atoms with Crippen LogP contribution in [0.5, 0.6) is 0 Å². The third-order valence-electron chi connectivity index (χ3n) is 2.68. The van der Waals surface area contributed by atoms with Gasteiger partial charge in [-0.3, -0.25) is 4.79 Å². The van der Waals surface area contributed by atoms with Gasteiger partial charge in [0.2, 0.25) is 0 Å². The monoisotopic (exact) mass is 172 g/mol. The van der Waals surface area contributed by atoms with Crippen LogP contribution in [-0.4, -0.2) is 23.3 Å². The number of hydrogen-bond donors (Lipinski definition) is 1. The molecule has 4 atom stereocenters. The van der Waals surface area contributed by atoms with Gasteiger partial charge in [0, 0.05) is 5.92 Å². The van der Waals surface area contributed by atoms with Gasteiger partial charge in [-0.15, -0.1) is 0 Å². The lowest BCUT2D eigenvalue weighted by atomic mass is 9.85. The maximum atomic E-state index is 11.1. The first-order valence-corrected chi connectivity index (χ1v) is 4.46. The summed E-state index contributed by atoms with van der Waals surface area (Å²) in [5.74, 6) is -0.585. The molecule has 0 aliphatic carbocycles. The van der Waals surface area contributed by atoms with Crippen molar-refractivity contribution in [2.45, 2.75) is 39.4 Å². The van der Waals surface area contributed by atoms with E-state index in [0.29, 0.717) is 0 Å². The Balaban J connectivity index is 2.70. The summed E-state index contributed by atoms with van der Waals surface area (Å²) < 4.78 is 5.13. The quantitative estimate of drug-likeness (QED) is 0.599. The highest BCUT2D eigenvalue weighted by Crippen LogP contribution is 2.27. The molecule has 1 N–H and O–H groups in total. The number of cyclic esters (lactones) is 1. The Bertz CT molecular complexity index is 177. The second-order valence-corrected chi connectivity index (χ2v) is 3.52. The van der Waals surface area contributed by atoms with Crippen LogP contribution in [0.1, 0.15) is 27.2 Å². The predicted octanol–water partition coefficient (Wildman–Crippen LogP) is 0.955. The zero-order chi connectivity index (χ0) is 9.30. The number of carbonyl (C=O) groups excluding carboxylic acids is 1. The Morgan fingerprint density at radius 2 is 2.08 bits per heavy atom. The molecule has 0 amide bonds. The van der Waals surface area contributed by atoms with E-state index in [9.17, 15) is 9.90 Å². The zero-order valence-corrected chi connectivity index (χ0v) is 7.78. The minimum absolute atomic E-state index is 0.0581. The fourth-order valence-corrected chi connectivity index (χ4v) is 1.63. The minimum Gasteiger partial charge on any atom is -0.462 e. The summed E-state index contributed by atoms with van der Waals surface area (Å²) in [5, 5.41) is 9.62. The van der Waals surface area contributed by atoms with E-state index in [-0.39, 0.29) is 23.9 Å². The van der Waals surface area contributed by atoms with E-state index in [1.165, 1.54) is 0 Å². The number of aliphatic hydroxyl groups excluding tert-OH is 1. The second-order valence-electron chi connectivity index (χ2n) is 3.52. The van der Waals surface area contributed by atoms with Gasteiger partial charge in [0.15, 0.2) is 0 Å². The highest BCUT2D eigenvalue weighted by atomic mass is 16.5. The fourth-order valence-electron chi connectivity index (χ4n) is 1.63. The van der Waals surface area contributed by atoms with Crippen molar-refractivity contribution in [3.05, 3.63) is 0 Å². The smallest absolute Gasteiger partial charge is 0.311 e. The molecule has 0 aromatic carbocycles. The van der Waals surface area contributed by atoms with Crippen molar-refractivity contribution in [1.82, 2.24) is 0 Å². The van der Waals surface area contributed by atoms with Gasteiger partial charge in [0.1, 0.15) is 6.10 Å². The van der Waals surface area contributed by atoms with Crippen LogP contribution in [0, 0.1) is 11.8 Å². The van der Waals surface area contributed by atoms with Crippen molar-refractivity contribution < 1.29 is 14.6 Å². The Labute approximate surface area is 72.7 Å². The summed E-state index contributed by atoms with van der Waals surface area (Å²) in [7, 11) is 0. The van der Waals surface area contributed by atoms with E-state index in [0.717, 1.165) is 6.42 Å². The summed E-state index contributed by atoms with van der Waals surface area (Å²) in [6.45, 7) is 5.58. The Morgan fingerprint density at radius 3 is 2.58 bits per heavy atom. The standard InChI is InChI=1S/C9H16O3/c1-4-7-5(2)8(10)6(3)9(11)12-7/h5-8,10H,4H2,1-3H3/t5-,6+,7-,8-/m0/s1. The maximum Gasteiger partial charge on any atom is 0.311 e. The van der Waals surface area contributed by atoms with E-state index in [1.54, 1.807) is 6.92 Å². The van der Waals surface area contributed by atoms with E-state index in [4.69, 9.17) is 4.74 Å². The Hall–Kier alpha value is -0.570. The molecule has 0 aromatic heterocycles. The lowest BCUT2D eigenvalue weighted by Crippen LogP contribution is -2.46. The highest BCUT2D eigenvalue weighted by Gasteiger charge is 2.39. The number of hydrogen-bond acceptors (Lipinski definition) is 3. The van der Waals surface area contributed by atoms with Crippen LogP contribution in [0.4, 0.5) is 0 Å². The van der Waals surface area contributed by atoms with Gasteiger partial charge in [0.05, 0.1) is 12.0 Å². The first kappa shape index (κ1) is 9.52. The topological polar surface area (TPSA) is 46.5 Å². The molecule has 70 valence electrons. The second kappa shape index (κ2) is 3.44. The van der Waals surface area contributed by atoms with Crippen LogP contribution in [0.2, 0.25) is 0 Å². The van der Waals surface area contributed by atoms with Gasteiger partial charge in [-0.25, -0.2) is 0 Å². The van der Waals surface area contributed by atoms with Crippen LogP contribution in [0.25, 0.3) is 0 Å². The third kappa shape index (κ3) is 1.46. The molecule has 1 fully saturated rings. The van der Waals surface area contributed by atoms with E-state index < -0.39 is 6.10 Å². The van der Waals surface area contributed by atoms with Crippen LogP contribution >= 0.6 is 0 Å². The van der Waals surface area contributed by atoms with Gasteiger partial charge in [-0.05, 0) is 13.3 Å². The largest absolute Gasteiger partial charge is 0.462 e. The molecule has 0 bridgehead atoms. The molecule has 0 saturated carbocycles. The predicted molar refractivity (Wildman–Crippen MR) is 44.5 cm³/mol. The van der Waals surface area contributed by atoms with Crippen molar-refractivity contribution >= 4 is 5.97 Å². The van der Waals surface area contributed by atoms with Crippen molar-refractivity contribution in [3.8, 4) is 0 Å². The Morgan fingerprint density at radius 1 is 1.50 bits per heavy atom. The van der Waals surface area contributed by atoms with Gasteiger partial charge in [-0.2, -0.15) is 0 Å². The molecule has 1 aliphatic heterocycles. The summed E-state index contributed by atoms with van der Waals surface area (Å²) >= 11 is 0. The molecule has 1 aliphatic rings. The summed E-state index contributed by atoms with van der Waals surface area (Å²) in [6, 6.07) is 0. The number of rotatable bonds is 1. The SMILES string of the molecule is CC[C@@H]1OC(=O)[C@H](C)[C@@H](O)[C@H]1C. The molecule has 0 spiro atoms. The fraction of sp³-hybridized carbons (Fsp3) is 0.889. The molecule has 0 unspecified atom stereocenters. The average molecular weight is 172 g/mol. The van der Waals surface area contributed by atoms with Crippen LogP contribution in [0.3, 0.4) is 0 Å². The molecule has 12 heavy (non-hydrogen) atoms. The number of esters is 1. The molecular weight excluding hydrogens is 156 g/mol. The van der Waals surface area contributed by atoms with Gasteiger partial charge in [-0.1, -0.05) is 13.8 Å². The summed E-state index contributed by atoms with van der Waals surface area (Å²) in [4.78, 5) is 11.1. The van der Waals surface area contributed by atoms with Crippen molar-refractivity contribution in [1.29, 1.82) is 0 Å². The maximum absolute atomic E-state index is 11.1. The molecule has 0 aromatic rings. The van der Waals surface area contributed by atoms with E-state index in [2.05, 4.69) is 0 Å². The summed E-state index contributed by atoms with van der Waals surface area (Å²) in [5.41, 5.74) is 0. The van der Waals surface area contributed by atoms with Crippen LogP contribution < -0.4 is 0 Å². The molecule has 0 radical (unpaired) electrons. The van der Waals surface area contributed by atoms with Crippen LogP contribution in [0.15, 0.2) is 0 Å². The lowest BCUT2D eigenvalue weighted by molar-refractivity contribution is -0.177. The zero-order valence-electron chi connectivity index (χ0n) is 7.78. The number of carbonyl (C=O) groups is 1. The molecule has 1 rings (SSSR count). The molecule has 1 heterocycles. The van der Waals surface area contributed by atoms with Crippen LogP contribution in [-0.2, 0) is 9.53 Å². The summed E-state index contributed by atoms with van der Waals surface area (Å²) in [6.07, 6.45) is 0.122. The number of ether oxygens (including phenoxy) is 1. The molecule has 3 nitrogen and oxygen atoms in total. The van der Waals surface area contributed by atoms with Gasteiger partial charge in [0.25, 0.3) is 0 Å². The van der Waals surface area contributed by atoms with Gasteiger partial charge < -0.3 is 9.84 Å². The van der Waals surface area contributed by atoms with E-state index >= 15 is 0 Å². The number of aliphatic hydroxyl groups is 1. The highest BCUT2D eigenvalue weighted by molar-refractivity contribution is 5.73. The third-order valence-corrected chi connectivity index (χ3v) is 2.68. The first-order chi connectivity index (χ1) is 5.57. The minimum atomic E-state index is -0.545. The normalized spacial score (nSPS) is 42.5.